The van der Waals surface area contributed by atoms with E-state index >= 15 is 0 Å². The lowest BCUT2D eigenvalue weighted by atomic mass is 10.3. The molecule has 1 aromatic carbocycles. The van der Waals surface area contributed by atoms with E-state index in [-0.39, 0.29) is 10.6 Å². The summed E-state index contributed by atoms with van der Waals surface area (Å²) in [7, 11) is -3.70. The first kappa shape index (κ1) is 20.5. The molecule has 11 heteroatoms. The fraction of sp³-hybridized carbons (Fsp3) is 0.474. The molecule has 0 saturated carbocycles. The first-order chi connectivity index (χ1) is 14.3. The molecule has 4 rings (SSSR count). The summed E-state index contributed by atoms with van der Waals surface area (Å²) in [6.07, 6.45) is 2.33. The number of sulfonamides is 1. The van der Waals surface area contributed by atoms with E-state index in [0.29, 0.717) is 32.0 Å². The van der Waals surface area contributed by atoms with Crippen molar-refractivity contribution in [3.63, 3.8) is 0 Å². The topological polar surface area (TPSA) is 113 Å². The molecule has 0 spiro atoms. The van der Waals surface area contributed by atoms with Crippen molar-refractivity contribution in [1.29, 1.82) is 0 Å². The molecule has 2 fully saturated rings. The van der Waals surface area contributed by atoms with Gasteiger partial charge in [0.1, 0.15) is 17.5 Å². The van der Waals surface area contributed by atoms with Crippen LogP contribution in [0.4, 0.5) is 17.3 Å². The summed E-state index contributed by atoms with van der Waals surface area (Å²) in [6.45, 7) is 5.54. The van der Waals surface area contributed by atoms with Crippen molar-refractivity contribution in [1.82, 2.24) is 14.3 Å². The molecule has 0 unspecified atom stereocenters. The van der Waals surface area contributed by atoms with E-state index in [4.69, 9.17) is 0 Å². The Morgan fingerprint density at radius 3 is 1.97 bits per heavy atom. The fourth-order valence-electron chi connectivity index (χ4n) is 3.85. The third-order valence-corrected chi connectivity index (χ3v) is 7.40. The van der Waals surface area contributed by atoms with Crippen molar-refractivity contribution in [2.24, 2.45) is 0 Å². The van der Waals surface area contributed by atoms with Crippen LogP contribution < -0.4 is 9.80 Å². The maximum atomic E-state index is 12.9. The summed E-state index contributed by atoms with van der Waals surface area (Å²) in [6, 6.07) is 6.99. The number of hydrogen-bond acceptors (Lipinski definition) is 8. The number of anilines is 2. The van der Waals surface area contributed by atoms with Crippen LogP contribution in [0.3, 0.4) is 0 Å². The van der Waals surface area contributed by atoms with Crippen molar-refractivity contribution in [3.05, 3.63) is 46.3 Å². The van der Waals surface area contributed by atoms with Gasteiger partial charge in [-0.3, -0.25) is 10.1 Å². The number of aryl methyl sites for hydroxylation is 1. The summed E-state index contributed by atoms with van der Waals surface area (Å²) in [5.41, 5.74) is -0.133. The van der Waals surface area contributed by atoms with Crippen LogP contribution in [0.25, 0.3) is 0 Å². The van der Waals surface area contributed by atoms with E-state index in [2.05, 4.69) is 19.8 Å². The third-order valence-electron chi connectivity index (χ3n) is 5.49. The quantitative estimate of drug-likeness (QED) is 0.519. The first-order valence-corrected chi connectivity index (χ1v) is 11.4. The van der Waals surface area contributed by atoms with E-state index in [1.807, 2.05) is 13.0 Å². The zero-order chi connectivity index (χ0) is 21.3. The lowest BCUT2D eigenvalue weighted by Gasteiger charge is -2.35. The summed E-state index contributed by atoms with van der Waals surface area (Å²) in [5, 5.41) is 10.8. The average molecular weight is 433 g/mol. The molecule has 30 heavy (non-hydrogen) atoms. The standard InChI is InChI=1S/C19H24N6O4S/c1-15-20-18(22-8-2-3-9-22)14-19(21-15)23-10-12-24(13-11-23)30(28,29)17-6-4-16(5-7-17)25(26)27/h4-7,14H,2-3,8-13H2,1H3. The van der Waals surface area contributed by atoms with Gasteiger partial charge in [0.05, 0.1) is 9.82 Å². The van der Waals surface area contributed by atoms with E-state index in [9.17, 15) is 18.5 Å². The van der Waals surface area contributed by atoms with E-state index in [1.165, 1.54) is 28.6 Å². The number of aromatic nitrogens is 2. The third kappa shape index (κ3) is 4.08. The zero-order valence-corrected chi connectivity index (χ0v) is 17.6. The minimum atomic E-state index is -3.70. The second kappa shape index (κ2) is 8.15. The Bertz CT molecular complexity index is 1030. The van der Waals surface area contributed by atoms with Crippen molar-refractivity contribution >= 4 is 27.3 Å². The lowest BCUT2D eigenvalue weighted by Crippen LogP contribution is -2.49. The Labute approximate surface area is 175 Å². The molecule has 0 bridgehead atoms. The zero-order valence-electron chi connectivity index (χ0n) is 16.8. The van der Waals surface area contributed by atoms with Gasteiger partial charge < -0.3 is 9.80 Å². The van der Waals surface area contributed by atoms with Crippen LogP contribution in [0.2, 0.25) is 0 Å². The van der Waals surface area contributed by atoms with Gasteiger partial charge in [-0.25, -0.2) is 18.4 Å². The molecule has 0 amide bonds. The number of piperazine rings is 1. The predicted octanol–water partition coefficient (Wildman–Crippen LogP) is 1.80. The number of hydrogen-bond donors (Lipinski definition) is 0. The Hall–Kier alpha value is -2.79. The van der Waals surface area contributed by atoms with Gasteiger partial charge in [0.2, 0.25) is 10.0 Å². The smallest absolute Gasteiger partial charge is 0.269 e. The van der Waals surface area contributed by atoms with Gasteiger partial charge in [0, 0.05) is 57.5 Å². The molecule has 3 heterocycles. The fourth-order valence-corrected chi connectivity index (χ4v) is 5.28. The number of rotatable bonds is 5. The monoisotopic (exact) mass is 432 g/mol. The van der Waals surface area contributed by atoms with Crippen molar-refractivity contribution in [3.8, 4) is 0 Å². The minimum absolute atomic E-state index is 0.0655. The second-order valence-corrected chi connectivity index (χ2v) is 9.41. The van der Waals surface area contributed by atoms with Crippen LogP contribution >= 0.6 is 0 Å². The maximum absolute atomic E-state index is 12.9. The van der Waals surface area contributed by atoms with E-state index in [0.717, 1.165) is 37.6 Å². The number of nitro benzene ring substituents is 1. The summed E-state index contributed by atoms with van der Waals surface area (Å²) < 4.78 is 27.2. The van der Waals surface area contributed by atoms with Crippen LogP contribution in [0.1, 0.15) is 18.7 Å². The van der Waals surface area contributed by atoms with Crippen LogP contribution in [-0.4, -0.2) is 66.9 Å². The Balaban J connectivity index is 1.46. The molecular formula is C19H24N6O4S. The number of non-ortho nitro benzene ring substituents is 1. The number of benzene rings is 1. The molecule has 2 aromatic rings. The molecule has 2 aliphatic rings. The van der Waals surface area contributed by atoms with Crippen LogP contribution in [-0.2, 0) is 10.0 Å². The van der Waals surface area contributed by atoms with Crippen molar-refractivity contribution < 1.29 is 13.3 Å². The van der Waals surface area contributed by atoms with Gasteiger partial charge >= 0.3 is 0 Å². The highest BCUT2D eigenvalue weighted by molar-refractivity contribution is 7.89. The largest absolute Gasteiger partial charge is 0.356 e. The molecule has 160 valence electrons. The van der Waals surface area contributed by atoms with Gasteiger partial charge in [-0.2, -0.15) is 4.31 Å². The minimum Gasteiger partial charge on any atom is -0.356 e. The molecular weight excluding hydrogens is 408 g/mol. The van der Waals surface area contributed by atoms with Gasteiger partial charge in [-0.1, -0.05) is 0 Å². The molecule has 2 aliphatic heterocycles. The Morgan fingerprint density at radius 1 is 0.900 bits per heavy atom. The lowest BCUT2D eigenvalue weighted by molar-refractivity contribution is -0.384. The van der Waals surface area contributed by atoms with Crippen LogP contribution in [0.5, 0.6) is 0 Å². The van der Waals surface area contributed by atoms with Gasteiger partial charge in [0.15, 0.2) is 0 Å². The van der Waals surface area contributed by atoms with E-state index < -0.39 is 14.9 Å². The van der Waals surface area contributed by atoms with Crippen LogP contribution in [0, 0.1) is 17.0 Å². The van der Waals surface area contributed by atoms with Crippen molar-refractivity contribution in [2.45, 2.75) is 24.7 Å². The van der Waals surface area contributed by atoms with Crippen LogP contribution in [0.15, 0.2) is 35.2 Å². The molecule has 10 nitrogen and oxygen atoms in total. The maximum Gasteiger partial charge on any atom is 0.269 e. The predicted molar refractivity (Wildman–Crippen MR) is 112 cm³/mol. The molecule has 0 radical (unpaired) electrons. The van der Waals surface area contributed by atoms with Gasteiger partial charge in [0.25, 0.3) is 5.69 Å². The average Bonchev–Trinajstić information content (AvgIpc) is 3.28. The molecule has 2 saturated heterocycles. The molecule has 0 atom stereocenters. The summed E-state index contributed by atoms with van der Waals surface area (Å²) >= 11 is 0. The highest BCUT2D eigenvalue weighted by atomic mass is 32.2. The van der Waals surface area contributed by atoms with Gasteiger partial charge in [-0.05, 0) is 31.9 Å². The Kier molecular flexibility index (Phi) is 5.56. The molecule has 0 aliphatic carbocycles. The highest BCUT2D eigenvalue weighted by Crippen LogP contribution is 2.25. The number of nitro groups is 1. The molecule has 0 N–H and O–H groups in total. The van der Waals surface area contributed by atoms with E-state index in [1.54, 1.807) is 0 Å². The normalized spacial score (nSPS) is 18.0. The summed E-state index contributed by atoms with van der Waals surface area (Å²) in [4.78, 5) is 23.8. The summed E-state index contributed by atoms with van der Waals surface area (Å²) in [5.74, 6) is 2.45. The number of nitrogens with zero attached hydrogens (tertiary/aromatic N) is 6. The first-order valence-electron chi connectivity index (χ1n) is 9.95. The highest BCUT2D eigenvalue weighted by Gasteiger charge is 2.29. The molecule has 1 aromatic heterocycles. The van der Waals surface area contributed by atoms with Gasteiger partial charge in [-0.15, -0.1) is 0 Å². The SMILES string of the molecule is Cc1nc(N2CCCC2)cc(N2CCN(S(=O)(=O)c3ccc([N+](=O)[O-])cc3)CC2)n1. The Morgan fingerprint density at radius 2 is 1.43 bits per heavy atom. The van der Waals surface area contributed by atoms with Crippen molar-refractivity contribution in [2.75, 3.05) is 49.1 Å². The second-order valence-electron chi connectivity index (χ2n) is 7.47.